The van der Waals surface area contributed by atoms with Gasteiger partial charge in [-0.05, 0) is 62.0 Å². The van der Waals surface area contributed by atoms with Gasteiger partial charge in [-0.15, -0.1) is 0 Å². The number of benzene rings is 2. The summed E-state index contributed by atoms with van der Waals surface area (Å²) in [5, 5.41) is 7.34. The number of hydrogen-bond acceptors (Lipinski definition) is 10. The summed E-state index contributed by atoms with van der Waals surface area (Å²) in [5.74, 6) is -3.18. The number of halogens is 1. The molecule has 2 aliphatic carbocycles. The molecule has 0 bridgehead atoms. The van der Waals surface area contributed by atoms with E-state index in [0.717, 1.165) is 18.2 Å². The van der Waals surface area contributed by atoms with Crippen molar-refractivity contribution in [2.45, 2.75) is 87.6 Å². The number of fused-ring (bicyclic) bond motifs is 5. The molecule has 2 aromatic heterocycles. The van der Waals surface area contributed by atoms with E-state index in [2.05, 4.69) is 20.2 Å². The highest BCUT2D eigenvalue weighted by Gasteiger charge is 2.61. The SMILES string of the molecule is O=C(N[C@H]1CCCCC/C=C\[C@@H]2C[C@@]2(C(=O)NS(=O)(=O)C2CC2)CC(=O)[C@@H]2C[C@@H](Oc3nc4ccccc4c4cccc(F)c34)CN2C1=O)c1ccon1. The second-order valence-electron chi connectivity index (χ2n) is 14.8. The van der Waals surface area contributed by atoms with Gasteiger partial charge in [0.2, 0.25) is 27.7 Å². The van der Waals surface area contributed by atoms with Crippen molar-refractivity contribution in [2.75, 3.05) is 6.54 Å². The molecule has 4 heterocycles. The predicted molar refractivity (Wildman–Crippen MR) is 194 cm³/mol. The molecular weight excluding hydrogens is 718 g/mol. The third kappa shape index (κ3) is 6.96. The fourth-order valence-electron chi connectivity index (χ4n) is 7.92. The Morgan fingerprint density at radius 2 is 1.81 bits per heavy atom. The van der Waals surface area contributed by atoms with Crippen LogP contribution in [0.4, 0.5) is 4.39 Å². The zero-order valence-electron chi connectivity index (χ0n) is 29.4. The van der Waals surface area contributed by atoms with E-state index < -0.39 is 68.2 Å². The number of rotatable bonds is 7. The van der Waals surface area contributed by atoms with E-state index in [9.17, 15) is 27.6 Å². The maximum absolute atomic E-state index is 15.5. The summed E-state index contributed by atoms with van der Waals surface area (Å²) in [7, 11) is -3.88. The predicted octanol–water partition coefficient (Wildman–Crippen LogP) is 4.76. The number of nitrogens with zero attached hydrogens (tertiary/aromatic N) is 3. The lowest BCUT2D eigenvalue weighted by atomic mass is 9.91. The van der Waals surface area contributed by atoms with Crippen LogP contribution in [0, 0.1) is 17.2 Å². The van der Waals surface area contributed by atoms with Gasteiger partial charge in [0.1, 0.15) is 24.2 Å². The topological polar surface area (TPSA) is 178 Å². The van der Waals surface area contributed by atoms with E-state index in [4.69, 9.17) is 9.26 Å². The van der Waals surface area contributed by atoms with Crippen molar-refractivity contribution < 1.29 is 41.2 Å². The minimum atomic E-state index is -3.88. The number of ether oxygens (including phenoxy) is 1. The molecule has 4 aromatic rings. The summed E-state index contributed by atoms with van der Waals surface area (Å²) < 4.78 is 54.7. The fourth-order valence-corrected chi connectivity index (χ4v) is 9.31. The average molecular weight is 758 g/mol. The summed E-state index contributed by atoms with van der Waals surface area (Å²) in [6, 6.07) is 11.2. The smallest absolute Gasteiger partial charge is 0.274 e. The van der Waals surface area contributed by atoms with E-state index in [-0.39, 0.29) is 55.1 Å². The number of aromatic nitrogens is 2. The number of ketones is 1. The highest BCUT2D eigenvalue weighted by atomic mass is 32.2. The monoisotopic (exact) mass is 757 g/mol. The number of para-hydroxylation sites is 1. The first-order chi connectivity index (χ1) is 26.0. The molecule has 8 rings (SSSR count). The van der Waals surface area contributed by atoms with Crippen molar-refractivity contribution in [3.63, 3.8) is 0 Å². The molecule has 2 N–H and O–H groups in total. The highest BCUT2D eigenvalue weighted by molar-refractivity contribution is 7.90. The number of carbonyl (C=O) groups is 4. The third-order valence-corrected chi connectivity index (χ3v) is 12.9. The molecular formula is C39H40FN5O8S. The molecule has 282 valence electrons. The van der Waals surface area contributed by atoms with Gasteiger partial charge in [0.15, 0.2) is 11.5 Å². The van der Waals surface area contributed by atoms with Gasteiger partial charge in [-0.3, -0.25) is 23.9 Å². The standard InChI is InChI=1S/C39H40FN5O8S/c40-28-12-8-11-27-26-10-6-7-13-29(26)42-36(34(27)28)53-24-19-32-33(46)21-39(38(49)44-54(50,51)25-15-16-25)20-23(39)9-4-2-1-3-5-14-31(37(48)45(32)22-24)41-35(47)30-17-18-52-43-30/h4,6-13,17-18,23-25,31-32H,1-3,5,14-16,19-22H2,(H,41,47)(H,44,49)/b9-4-/t23-,24-,31+,32+,39-/m1/s1. The average Bonchev–Trinajstić information content (AvgIpc) is 4.01. The van der Waals surface area contributed by atoms with Crippen molar-refractivity contribution >= 4 is 55.2 Å². The minimum absolute atomic E-state index is 0.00242. The van der Waals surface area contributed by atoms with E-state index in [1.807, 2.05) is 30.4 Å². The molecule has 0 spiro atoms. The molecule has 0 unspecified atom stereocenters. The van der Waals surface area contributed by atoms with Crippen molar-refractivity contribution in [3.05, 3.63) is 78.5 Å². The molecule has 3 amide bonds. The largest absolute Gasteiger partial charge is 0.472 e. The summed E-state index contributed by atoms with van der Waals surface area (Å²) in [4.78, 5) is 62.0. The van der Waals surface area contributed by atoms with Crippen LogP contribution in [0.1, 0.15) is 74.7 Å². The Balaban J connectivity index is 1.13. The Hall–Kier alpha value is -5.18. The number of carbonyl (C=O) groups excluding carboxylic acids is 4. The van der Waals surface area contributed by atoms with Crippen LogP contribution in [0.5, 0.6) is 5.88 Å². The number of Topliss-reactive ketones (excluding diaryl/α,β-unsaturated/α-hetero) is 1. The second kappa shape index (κ2) is 14.2. The van der Waals surface area contributed by atoms with Crippen molar-refractivity contribution in [1.82, 2.24) is 25.1 Å². The maximum Gasteiger partial charge on any atom is 0.274 e. The quantitative estimate of drug-likeness (QED) is 0.197. The van der Waals surface area contributed by atoms with Gasteiger partial charge >= 0.3 is 0 Å². The lowest BCUT2D eigenvalue weighted by Crippen LogP contribution is -2.52. The Bertz CT molecular complexity index is 2280. The molecule has 4 aliphatic rings. The van der Waals surface area contributed by atoms with Crippen LogP contribution in [0.15, 0.2) is 71.5 Å². The normalized spacial score (nSPS) is 27.0. The molecule has 2 aliphatic heterocycles. The summed E-state index contributed by atoms with van der Waals surface area (Å²) >= 11 is 0. The van der Waals surface area contributed by atoms with Crippen LogP contribution in [0.3, 0.4) is 0 Å². The molecule has 5 atom stereocenters. The van der Waals surface area contributed by atoms with Crippen LogP contribution in [-0.4, -0.2) is 76.9 Å². The van der Waals surface area contributed by atoms with E-state index in [1.165, 1.54) is 23.3 Å². The molecule has 15 heteroatoms. The molecule has 13 nitrogen and oxygen atoms in total. The summed E-state index contributed by atoms with van der Waals surface area (Å²) in [6.07, 6.45) is 8.28. The van der Waals surface area contributed by atoms with Gasteiger partial charge in [-0.25, -0.2) is 17.8 Å². The Morgan fingerprint density at radius 3 is 2.61 bits per heavy atom. The van der Waals surface area contributed by atoms with Crippen LogP contribution in [0.25, 0.3) is 21.7 Å². The molecule has 0 radical (unpaired) electrons. The lowest BCUT2D eigenvalue weighted by molar-refractivity contribution is -0.140. The summed E-state index contributed by atoms with van der Waals surface area (Å²) in [6.45, 7) is -0.0887. The fraction of sp³-hybridized carbons (Fsp3) is 0.436. The third-order valence-electron chi connectivity index (χ3n) is 11.1. The highest BCUT2D eigenvalue weighted by Crippen LogP contribution is 2.57. The number of allylic oxidation sites excluding steroid dienone is 2. The molecule has 2 saturated carbocycles. The van der Waals surface area contributed by atoms with Gasteiger partial charge in [-0.1, -0.05) is 60.5 Å². The molecule has 54 heavy (non-hydrogen) atoms. The van der Waals surface area contributed by atoms with E-state index >= 15 is 4.39 Å². The second-order valence-corrected chi connectivity index (χ2v) is 16.8. The number of amides is 3. The van der Waals surface area contributed by atoms with Crippen LogP contribution >= 0.6 is 0 Å². The molecule has 2 aromatic carbocycles. The van der Waals surface area contributed by atoms with Crippen molar-refractivity contribution in [2.24, 2.45) is 11.3 Å². The maximum atomic E-state index is 15.5. The number of sulfonamides is 1. The first-order valence-electron chi connectivity index (χ1n) is 18.4. The van der Waals surface area contributed by atoms with Gasteiger partial charge < -0.3 is 19.5 Å². The number of pyridine rings is 1. The Labute approximate surface area is 310 Å². The van der Waals surface area contributed by atoms with Gasteiger partial charge in [0, 0.05) is 24.3 Å². The zero-order valence-corrected chi connectivity index (χ0v) is 30.2. The zero-order chi connectivity index (χ0) is 37.6. The Morgan fingerprint density at radius 1 is 1.00 bits per heavy atom. The first kappa shape index (κ1) is 35.8. The van der Waals surface area contributed by atoms with Crippen molar-refractivity contribution in [1.29, 1.82) is 0 Å². The minimum Gasteiger partial charge on any atom is -0.472 e. The lowest BCUT2D eigenvalue weighted by Gasteiger charge is -2.29. The van der Waals surface area contributed by atoms with Gasteiger partial charge in [-0.2, -0.15) is 0 Å². The first-order valence-corrected chi connectivity index (χ1v) is 20.0. The van der Waals surface area contributed by atoms with Crippen LogP contribution in [0.2, 0.25) is 0 Å². The number of hydrogen-bond donors (Lipinski definition) is 2. The van der Waals surface area contributed by atoms with Crippen molar-refractivity contribution in [3.8, 4) is 5.88 Å². The van der Waals surface area contributed by atoms with Gasteiger partial charge in [0.05, 0.1) is 34.2 Å². The number of nitrogens with one attached hydrogen (secondary N) is 2. The van der Waals surface area contributed by atoms with E-state index in [0.29, 0.717) is 36.6 Å². The Kier molecular flexibility index (Phi) is 9.44. The van der Waals surface area contributed by atoms with Crippen LogP contribution < -0.4 is 14.8 Å². The molecule has 1 saturated heterocycles. The van der Waals surface area contributed by atoms with E-state index in [1.54, 1.807) is 18.2 Å². The molecule has 3 fully saturated rings. The summed E-state index contributed by atoms with van der Waals surface area (Å²) in [5.41, 5.74) is -0.740. The van der Waals surface area contributed by atoms with Gasteiger partial charge in [0.25, 0.3) is 5.91 Å². The van der Waals surface area contributed by atoms with Crippen LogP contribution in [-0.2, 0) is 24.4 Å².